The summed E-state index contributed by atoms with van der Waals surface area (Å²) in [5.74, 6) is 3.49. The van der Waals surface area contributed by atoms with Crippen molar-refractivity contribution in [2.24, 2.45) is 46.3 Å². The van der Waals surface area contributed by atoms with E-state index in [1.807, 2.05) is 0 Å². The number of ketones is 1. The molecular weight excluding hydrogens is 396 g/mol. The average Bonchev–Trinajstić information content (AvgIpc) is 3.10. The Morgan fingerprint density at radius 3 is 2.56 bits per heavy atom. The van der Waals surface area contributed by atoms with Crippen molar-refractivity contribution in [2.75, 3.05) is 0 Å². The molecular formula is C29H46O3. The molecule has 3 nitrogen and oxygen atoms in total. The Hall–Kier alpha value is -0.930. The van der Waals surface area contributed by atoms with Gasteiger partial charge in [0.15, 0.2) is 5.78 Å². The first kappa shape index (κ1) is 24.2. The summed E-state index contributed by atoms with van der Waals surface area (Å²) in [5, 5.41) is 22.1. The molecule has 0 aromatic heterocycles. The molecule has 0 spiro atoms. The first-order valence-electron chi connectivity index (χ1n) is 13.2. The van der Waals surface area contributed by atoms with E-state index in [4.69, 9.17) is 0 Å². The van der Waals surface area contributed by atoms with Gasteiger partial charge in [0, 0.05) is 6.42 Å². The molecule has 9 unspecified atom stereocenters. The van der Waals surface area contributed by atoms with Crippen LogP contribution in [0.4, 0.5) is 0 Å². The van der Waals surface area contributed by atoms with E-state index in [1.165, 1.54) is 25.7 Å². The number of hydrogen-bond donors (Lipinski definition) is 2. The van der Waals surface area contributed by atoms with E-state index >= 15 is 0 Å². The summed E-state index contributed by atoms with van der Waals surface area (Å²) in [4.78, 5) is 12.1. The molecule has 3 heteroatoms. The van der Waals surface area contributed by atoms with Crippen molar-refractivity contribution in [2.45, 2.75) is 104 Å². The van der Waals surface area contributed by atoms with Crippen LogP contribution in [0.2, 0.25) is 0 Å². The fraction of sp³-hybridized carbons (Fsp3) is 0.828. The molecule has 180 valence electrons. The molecule has 4 rings (SSSR count). The number of fused-ring (bicyclic) bond motifs is 5. The van der Waals surface area contributed by atoms with Crippen molar-refractivity contribution in [3.8, 4) is 0 Å². The summed E-state index contributed by atoms with van der Waals surface area (Å²) in [5.41, 5.74) is 0.596. The molecule has 32 heavy (non-hydrogen) atoms. The minimum absolute atomic E-state index is 0.001000. The van der Waals surface area contributed by atoms with Gasteiger partial charge in [0.1, 0.15) is 0 Å². The number of hydrogen-bond acceptors (Lipinski definition) is 3. The molecule has 3 saturated carbocycles. The molecule has 0 radical (unpaired) electrons. The molecule has 0 heterocycles. The maximum absolute atomic E-state index is 12.1. The van der Waals surface area contributed by atoms with Crippen LogP contribution >= 0.6 is 0 Å². The zero-order valence-corrected chi connectivity index (χ0v) is 21.1. The summed E-state index contributed by atoms with van der Waals surface area (Å²) in [6.07, 6.45) is 12.3. The first-order valence-corrected chi connectivity index (χ1v) is 13.2. The second kappa shape index (κ2) is 8.38. The van der Waals surface area contributed by atoms with Gasteiger partial charge in [0.25, 0.3) is 0 Å². The van der Waals surface area contributed by atoms with Crippen LogP contribution in [0.1, 0.15) is 92.4 Å². The molecule has 0 aliphatic heterocycles. The monoisotopic (exact) mass is 442 g/mol. The smallest absolute Gasteiger partial charge is 0.155 e. The van der Waals surface area contributed by atoms with Gasteiger partial charge in [-0.15, -0.1) is 6.58 Å². The van der Waals surface area contributed by atoms with Gasteiger partial charge in [-0.25, -0.2) is 0 Å². The second-order valence-corrected chi connectivity index (χ2v) is 12.7. The lowest BCUT2D eigenvalue weighted by Crippen LogP contribution is -2.54. The third-order valence-electron chi connectivity index (χ3n) is 11.1. The summed E-state index contributed by atoms with van der Waals surface area (Å²) >= 11 is 0. The Balaban J connectivity index is 1.52. The van der Waals surface area contributed by atoms with Crippen LogP contribution in [0.15, 0.2) is 24.3 Å². The highest BCUT2D eigenvalue weighted by atomic mass is 16.3. The number of aliphatic hydroxyl groups is 2. The van der Waals surface area contributed by atoms with Crippen LogP contribution in [0.3, 0.4) is 0 Å². The Bertz CT molecular complexity index is 783. The fourth-order valence-corrected chi connectivity index (χ4v) is 8.87. The fourth-order valence-electron chi connectivity index (χ4n) is 8.87. The largest absolute Gasteiger partial charge is 0.389 e. The van der Waals surface area contributed by atoms with Crippen molar-refractivity contribution < 1.29 is 15.0 Å². The third kappa shape index (κ3) is 3.66. The van der Waals surface area contributed by atoms with Crippen LogP contribution in [0.5, 0.6) is 0 Å². The average molecular weight is 443 g/mol. The van der Waals surface area contributed by atoms with Crippen LogP contribution in [0.25, 0.3) is 0 Å². The van der Waals surface area contributed by atoms with Crippen molar-refractivity contribution in [3.05, 3.63) is 24.3 Å². The molecule has 0 amide bonds. The van der Waals surface area contributed by atoms with Crippen molar-refractivity contribution >= 4 is 5.78 Å². The van der Waals surface area contributed by atoms with E-state index in [-0.39, 0.29) is 17.1 Å². The Labute approximate surface area is 195 Å². The molecule has 0 saturated heterocycles. The predicted octanol–water partition coefficient (Wildman–Crippen LogP) is 6.09. The van der Waals surface area contributed by atoms with Crippen LogP contribution < -0.4 is 0 Å². The highest BCUT2D eigenvalue weighted by Crippen LogP contribution is 2.67. The van der Waals surface area contributed by atoms with Crippen LogP contribution in [-0.4, -0.2) is 27.7 Å². The maximum Gasteiger partial charge on any atom is 0.155 e. The number of carbonyl (C=O) groups excluding carboxylic acids is 1. The highest BCUT2D eigenvalue weighted by Gasteiger charge is 2.60. The van der Waals surface area contributed by atoms with E-state index in [2.05, 4.69) is 41.2 Å². The van der Waals surface area contributed by atoms with Gasteiger partial charge < -0.3 is 10.2 Å². The topological polar surface area (TPSA) is 57.5 Å². The number of rotatable bonds is 6. The van der Waals surface area contributed by atoms with Crippen molar-refractivity contribution in [1.82, 2.24) is 0 Å². The van der Waals surface area contributed by atoms with Gasteiger partial charge >= 0.3 is 0 Å². The quantitative estimate of drug-likeness (QED) is 0.489. The molecule has 4 aliphatic carbocycles. The highest BCUT2D eigenvalue weighted by molar-refractivity contribution is 5.91. The molecule has 3 fully saturated rings. The maximum atomic E-state index is 12.1. The second-order valence-electron chi connectivity index (χ2n) is 12.7. The van der Waals surface area contributed by atoms with Gasteiger partial charge in [-0.2, -0.15) is 0 Å². The molecule has 0 aromatic rings. The van der Waals surface area contributed by atoms with Gasteiger partial charge in [0.05, 0.1) is 11.7 Å². The van der Waals surface area contributed by atoms with Gasteiger partial charge in [-0.1, -0.05) is 40.7 Å². The zero-order chi connectivity index (χ0) is 23.5. The van der Waals surface area contributed by atoms with Gasteiger partial charge in [-0.3, -0.25) is 4.79 Å². The summed E-state index contributed by atoms with van der Waals surface area (Å²) in [6, 6.07) is 0. The van der Waals surface area contributed by atoms with E-state index in [0.29, 0.717) is 41.4 Å². The predicted molar refractivity (Wildman–Crippen MR) is 130 cm³/mol. The van der Waals surface area contributed by atoms with E-state index in [0.717, 1.165) is 31.3 Å². The van der Waals surface area contributed by atoms with Gasteiger partial charge in [0.2, 0.25) is 0 Å². The van der Waals surface area contributed by atoms with Crippen molar-refractivity contribution in [3.63, 3.8) is 0 Å². The molecule has 0 bridgehead atoms. The first-order chi connectivity index (χ1) is 15.0. The summed E-state index contributed by atoms with van der Waals surface area (Å²) in [7, 11) is 0. The van der Waals surface area contributed by atoms with Gasteiger partial charge in [-0.05, 0) is 109 Å². The molecule has 2 N–H and O–H groups in total. The van der Waals surface area contributed by atoms with Crippen LogP contribution in [0, 0.1) is 46.3 Å². The summed E-state index contributed by atoms with van der Waals surface area (Å²) < 4.78 is 0. The van der Waals surface area contributed by atoms with Crippen molar-refractivity contribution in [1.29, 1.82) is 0 Å². The lowest BCUT2D eigenvalue weighted by atomic mass is 9.46. The standard InChI is InChI=1S/C29H46O3/c1-7-29(32,18(2)3)15-10-19(4)22-8-9-23-21-17-26(31)25-16-20(30)11-13-28(25,6)24(21)12-14-27(22,23)5/h7,16,18-19,21-24,26,31-32H,1,8-15,17H2,2-6H3. The molecule has 9 atom stereocenters. The molecule has 4 aliphatic rings. The summed E-state index contributed by atoms with van der Waals surface area (Å²) in [6.45, 7) is 15.3. The Kier molecular flexibility index (Phi) is 6.34. The lowest BCUT2D eigenvalue weighted by molar-refractivity contribution is -0.119. The SMILES string of the molecule is C=CC(O)(CCC(C)C1CCC2C3CC(O)C4=CC(=O)CCC4(C)C3CCC12C)C(C)C. The minimum Gasteiger partial charge on any atom is -0.389 e. The van der Waals surface area contributed by atoms with E-state index in [9.17, 15) is 15.0 Å². The Morgan fingerprint density at radius 1 is 1.19 bits per heavy atom. The lowest BCUT2D eigenvalue weighted by Gasteiger charge is -2.59. The minimum atomic E-state index is -0.770. The molecule has 0 aromatic carbocycles. The van der Waals surface area contributed by atoms with Crippen LogP contribution in [-0.2, 0) is 4.79 Å². The number of aliphatic hydroxyl groups excluding tert-OH is 1. The number of carbonyl (C=O) groups is 1. The van der Waals surface area contributed by atoms with E-state index in [1.54, 1.807) is 12.2 Å². The third-order valence-corrected chi connectivity index (χ3v) is 11.1. The van der Waals surface area contributed by atoms with E-state index < -0.39 is 11.7 Å². The normalized spacial score (nSPS) is 44.2. The zero-order valence-electron chi connectivity index (χ0n) is 21.1. The Morgan fingerprint density at radius 2 is 1.91 bits per heavy atom.